The van der Waals surface area contributed by atoms with Gasteiger partial charge in [-0.2, -0.15) is 0 Å². The van der Waals surface area contributed by atoms with Gasteiger partial charge in [0.25, 0.3) is 0 Å². The highest BCUT2D eigenvalue weighted by molar-refractivity contribution is 7.13. The van der Waals surface area contributed by atoms with Gasteiger partial charge in [0.1, 0.15) is 5.01 Å². The first-order valence-electron chi connectivity index (χ1n) is 8.83. The Morgan fingerprint density at radius 2 is 1.96 bits per heavy atom. The van der Waals surface area contributed by atoms with E-state index in [1.165, 1.54) is 5.56 Å². The van der Waals surface area contributed by atoms with E-state index in [4.69, 9.17) is 0 Å². The summed E-state index contributed by atoms with van der Waals surface area (Å²) >= 11 is 1.55. The molecule has 2 aromatic heterocycles. The van der Waals surface area contributed by atoms with Crippen LogP contribution in [0.2, 0.25) is 0 Å². The summed E-state index contributed by atoms with van der Waals surface area (Å²) in [5, 5.41) is 5.73. The summed E-state index contributed by atoms with van der Waals surface area (Å²) in [4.78, 5) is 20.7. The van der Waals surface area contributed by atoms with Crippen LogP contribution in [-0.2, 0) is 16.8 Å². The summed E-state index contributed by atoms with van der Waals surface area (Å²) in [6.07, 6.45) is 6.90. The first-order chi connectivity index (χ1) is 12.9. The average molecular weight is 378 g/mol. The van der Waals surface area contributed by atoms with Gasteiger partial charge in [0, 0.05) is 29.4 Å². The number of hydrogen-bond donors (Lipinski definition) is 1. The molecule has 27 heavy (non-hydrogen) atoms. The minimum atomic E-state index is -0.133. The van der Waals surface area contributed by atoms with Gasteiger partial charge in [0.2, 0.25) is 5.91 Å². The second-order valence-electron chi connectivity index (χ2n) is 7.31. The summed E-state index contributed by atoms with van der Waals surface area (Å²) in [6.45, 7) is 6.96. The Labute approximate surface area is 164 Å². The molecule has 0 bridgehead atoms. The normalized spacial score (nSPS) is 11.7. The maximum absolute atomic E-state index is 12.1. The molecule has 0 aliphatic carbocycles. The lowest BCUT2D eigenvalue weighted by Gasteiger charge is -2.18. The van der Waals surface area contributed by atoms with Crippen LogP contribution in [0.1, 0.15) is 37.6 Å². The van der Waals surface area contributed by atoms with Gasteiger partial charge in [-0.05, 0) is 34.8 Å². The van der Waals surface area contributed by atoms with Crippen LogP contribution in [0.4, 0.5) is 0 Å². The minimum Gasteiger partial charge on any atom is -0.347 e. The Morgan fingerprint density at radius 1 is 1.19 bits per heavy atom. The van der Waals surface area contributed by atoms with E-state index in [2.05, 4.69) is 48.2 Å². The molecule has 1 aromatic carbocycles. The van der Waals surface area contributed by atoms with Gasteiger partial charge in [-0.15, -0.1) is 11.3 Å². The third kappa shape index (κ3) is 5.34. The number of carbonyl (C=O) groups is 1. The molecule has 3 rings (SSSR count). The Bertz CT molecular complexity index is 922. The number of carbonyl (C=O) groups excluding carboxylic acids is 1. The summed E-state index contributed by atoms with van der Waals surface area (Å²) in [5.41, 5.74) is 4.23. The Balaban J connectivity index is 1.54. The minimum absolute atomic E-state index is 0.127. The molecular weight excluding hydrogens is 354 g/mol. The van der Waals surface area contributed by atoms with Crippen LogP contribution in [0.3, 0.4) is 0 Å². The zero-order valence-corrected chi connectivity index (χ0v) is 16.6. The van der Waals surface area contributed by atoms with Crippen LogP contribution in [0.5, 0.6) is 0 Å². The molecule has 0 aliphatic rings. The van der Waals surface area contributed by atoms with E-state index in [-0.39, 0.29) is 11.3 Å². The molecule has 0 atom stereocenters. The SMILES string of the molecule is CC(C)(C)c1ccc(/C=C/C(=O)NCc2csc(-c3cccnc3)n2)cc1. The Kier molecular flexibility index (Phi) is 5.81. The van der Waals surface area contributed by atoms with E-state index < -0.39 is 0 Å². The number of rotatable bonds is 5. The molecule has 0 saturated heterocycles. The van der Waals surface area contributed by atoms with Crippen molar-refractivity contribution in [2.24, 2.45) is 0 Å². The topological polar surface area (TPSA) is 54.9 Å². The highest BCUT2D eigenvalue weighted by Crippen LogP contribution is 2.23. The number of benzene rings is 1. The van der Waals surface area contributed by atoms with Crippen LogP contribution in [-0.4, -0.2) is 15.9 Å². The van der Waals surface area contributed by atoms with Crippen molar-refractivity contribution in [2.75, 3.05) is 0 Å². The van der Waals surface area contributed by atoms with Crippen LogP contribution in [0.15, 0.2) is 60.2 Å². The lowest BCUT2D eigenvalue weighted by Crippen LogP contribution is -2.20. The maximum Gasteiger partial charge on any atom is 0.244 e. The van der Waals surface area contributed by atoms with Crippen molar-refractivity contribution in [1.29, 1.82) is 0 Å². The molecule has 0 spiro atoms. The lowest BCUT2D eigenvalue weighted by molar-refractivity contribution is -0.116. The number of nitrogens with zero attached hydrogens (tertiary/aromatic N) is 2. The number of hydrogen-bond acceptors (Lipinski definition) is 4. The van der Waals surface area contributed by atoms with Gasteiger partial charge in [-0.3, -0.25) is 9.78 Å². The summed E-state index contributed by atoms with van der Waals surface area (Å²) in [5.74, 6) is -0.133. The molecule has 3 aromatic rings. The van der Waals surface area contributed by atoms with Crippen molar-refractivity contribution in [2.45, 2.75) is 32.7 Å². The smallest absolute Gasteiger partial charge is 0.244 e. The van der Waals surface area contributed by atoms with Crippen LogP contribution in [0.25, 0.3) is 16.6 Å². The second-order valence-corrected chi connectivity index (χ2v) is 8.17. The third-order valence-corrected chi connectivity index (χ3v) is 5.05. The first-order valence-corrected chi connectivity index (χ1v) is 9.71. The number of nitrogens with one attached hydrogen (secondary N) is 1. The Hall–Kier alpha value is -2.79. The molecule has 1 amide bonds. The molecule has 138 valence electrons. The van der Waals surface area contributed by atoms with Gasteiger partial charge in [0.15, 0.2) is 0 Å². The molecule has 1 N–H and O–H groups in total. The van der Waals surface area contributed by atoms with Crippen molar-refractivity contribution in [3.05, 3.63) is 77.1 Å². The average Bonchev–Trinajstić information content (AvgIpc) is 3.14. The Morgan fingerprint density at radius 3 is 2.63 bits per heavy atom. The summed E-state index contributed by atoms with van der Waals surface area (Å²) in [6, 6.07) is 12.1. The third-order valence-electron chi connectivity index (χ3n) is 4.11. The van der Waals surface area contributed by atoms with Gasteiger partial charge >= 0.3 is 0 Å². The van der Waals surface area contributed by atoms with Gasteiger partial charge in [0.05, 0.1) is 12.2 Å². The molecular formula is C22H23N3OS. The maximum atomic E-state index is 12.1. The zero-order valence-electron chi connectivity index (χ0n) is 15.8. The van der Waals surface area contributed by atoms with Gasteiger partial charge in [-0.1, -0.05) is 45.0 Å². The standard InChI is InChI=1S/C22H23N3OS/c1-22(2,3)18-9-6-16(7-10-18)8-11-20(26)24-14-19-15-27-21(25-19)17-5-4-12-23-13-17/h4-13,15H,14H2,1-3H3,(H,24,26)/b11-8+. The fourth-order valence-electron chi connectivity index (χ4n) is 2.51. The van der Waals surface area contributed by atoms with Crippen LogP contribution < -0.4 is 5.32 Å². The van der Waals surface area contributed by atoms with Gasteiger partial charge < -0.3 is 5.32 Å². The number of aromatic nitrogens is 2. The molecule has 0 radical (unpaired) electrons. The molecule has 4 nitrogen and oxygen atoms in total. The first kappa shape index (κ1) is 19.0. The lowest BCUT2D eigenvalue weighted by atomic mass is 9.87. The van der Waals surface area contributed by atoms with Crippen LogP contribution in [0, 0.1) is 0 Å². The number of thiazole rings is 1. The van der Waals surface area contributed by atoms with E-state index in [0.29, 0.717) is 6.54 Å². The summed E-state index contributed by atoms with van der Waals surface area (Å²) < 4.78 is 0. The number of amides is 1. The van der Waals surface area contributed by atoms with Crippen molar-refractivity contribution in [3.63, 3.8) is 0 Å². The zero-order chi connectivity index (χ0) is 19.3. The predicted molar refractivity (Wildman–Crippen MR) is 111 cm³/mol. The van der Waals surface area contributed by atoms with E-state index in [1.807, 2.05) is 35.7 Å². The second kappa shape index (κ2) is 8.27. The van der Waals surface area contributed by atoms with E-state index in [1.54, 1.807) is 29.8 Å². The molecule has 0 saturated carbocycles. The van der Waals surface area contributed by atoms with Crippen LogP contribution >= 0.6 is 11.3 Å². The van der Waals surface area contributed by atoms with Gasteiger partial charge in [-0.25, -0.2) is 4.98 Å². The molecule has 5 heteroatoms. The van der Waals surface area contributed by atoms with Crippen molar-refractivity contribution in [3.8, 4) is 10.6 Å². The monoisotopic (exact) mass is 377 g/mol. The predicted octanol–water partition coefficient (Wildman–Crippen LogP) is 4.83. The highest BCUT2D eigenvalue weighted by atomic mass is 32.1. The summed E-state index contributed by atoms with van der Waals surface area (Å²) in [7, 11) is 0. The molecule has 0 fully saturated rings. The number of pyridine rings is 1. The van der Waals surface area contributed by atoms with Crippen molar-refractivity contribution >= 4 is 23.3 Å². The highest BCUT2D eigenvalue weighted by Gasteiger charge is 2.12. The molecule has 0 aliphatic heterocycles. The quantitative estimate of drug-likeness (QED) is 0.648. The fraction of sp³-hybridized carbons (Fsp3) is 0.227. The largest absolute Gasteiger partial charge is 0.347 e. The molecule has 0 unspecified atom stereocenters. The van der Waals surface area contributed by atoms with E-state index >= 15 is 0 Å². The van der Waals surface area contributed by atoms with E-state index in [0.717, 1.165) is 21.8 Å². The molecule has 2 heterocycles. The fourth-order valence-corrected chi connectivity index (χ4v) is 3.32. The van der Waals surface area contributed by atoms with Crippen molar-refractivity contribution in [1.82, 2.24) is 15.3 Å². The van der Waals surface area contributed by atoms with E-state index in [9.17, 15) is 4.79 Å². The van der Waals surface area contributed by atoms with Crippen molar-refractivity contribution < 1.29 is 4.79 Å².